The lowest BCUT2D eigenvalue weighted by atomic mass is 10.2. The molecular weight excluding hydrogens is 295 g/mol. The molecule has 2 fully saturated rings. The van der Waals surface area contributed by atoms with Crippen molar-refractivity contribution in [1.82, 2.24) is 4.90 Å². The zero-order valence-electron chi connectivity index (χ0n) is 11.4. The lowest BCUT2D eigenvalue weighted by molar-refractivity contribution is 0.299. The number of halogens is 2. The summed E-state index contributed by atoms with van der Waals surface area (Å²) in [5.74, 6) is 1.31. The smallest absolute Gasteiger partial charge is 0.156 e. The van der Waals surface area contributed by atoms with Gasteiger partial charge in [-0.05, 0) is 42.9 Å². The van der Waals surface area contributed by atoms with Crippen LogP contribution in [0.3, 0.4) is 0 Å². The van der Waals surface area contributed by atoms with Crippen molar-refractivity contribution < 1.29 is 4.74 Å². The van der Waals surface area contributed by atoms with Crippen molar-refractivity contribution in [2.45, 2.75) is 31.8 Å². The summed E-state index contributed by atoms with van der Waals surface area (Å²) in [7, 11) is 0. The maximum Gasteiger partial charge on any atom is 0.156 e. The molecule has 3 nitrogen and oxygen atoms in total. The molecule has 1 heterocycles. The van der Waals surface area contributed by atoms with Gasteiger partial charge in [-0.1, -0.05) is 23.2 Å². The van der Waals surface area contributed by atoms with E-state index in [9.17, 15) is 0 Å². The third-order valence-corrected chi connectivity index (χ3v) is 4.49. The summed E-state index contributed by atoms with van der Waals surface area (Å²) in [6.45, 7) is 3.54. The molecule has 0 amide bonds. The van der Waals surface area contributed by atoms with E-state index in [2.05, 4.69) is 4.90 Å². The quantitative estimate of drug-likeness (QED) is 0.906. The average molecular weight is 315 g/mol. The van der Waals surface area contributed by atoms with Gasteiger partial charge in [0, 0.05) is 25.7 Å². The van der Waals surface area contributed by atoms with Crippen LogP contribution in [0.5, 0.6) is 5.75 Å². The van der Waals surface area contributed by atoms with Crippen molar-refractivity contribution in [3.8, 4) is 5.75 Å². The second kappa shape index (κ2) is 6.10. The Morgan fingerprint density at radius 2 is 1.90 bits per heavy atom. The molecular formula is C15H20Cl2N2O. The maximum absolute atomic E-state index is 6.30. The minimum atomic E-state index is 0.294. The number of benzene rings is 1. The number of hydrogen-bond acceptors (Lipinski definition) is 3. The molecule has 1 atom stereocenters. The predicted molar refractivity (Wildman–Crippen MR) is 82.6 cm³/mol. The van der Waals surface area contributed by atoms with E-state index in [1.807, 2.05) is 12.1 Å². The Bertz CT molecular complexity index is 468. The van der Waals surface area contributed by atoms with E-state index in [0.717, 1.165) is 38.2 Å². The van der Waals surface area contributed by atoms with E-state index in [1.54, 1.807) is 0 Å². The molecule has 1 saturated carbocycles. The molecule has 1 aromatic carbocycles. The molecule has 2 aliphatic rings. The summed E-state index contributed by atoms with van der Waals surface area (Å²) in [5, 5.41) is 1.22. The zero-order valence-corrected chi connectivity index (χ0v) is 13.0. The Morgan fingerprint density at radius 3 is 2.45 bits per heavy atom. The van der Waals surface area contributed by atoms with Crippen molar-refractivity contribution in [3.05, 3.63) is 27.7 Å². The SMILES string of the molecule is N[C@@H]1CCN(Cc2cc(Cl)c(OCC3CC3)c(Cl)c2)C1. The Morgan fingerprint density at radius 1 is 1.20 bits per heavy atom. The van der Waals surface area contributed by atoms with E-state index < -0.39 is 0 Å². The van der Waals surface area contributed by atoms with Crippen LogP contribution in [0.4, 0.5) is 0 Å². The van der Waals surface area contributed by atoms with Gasteiger partial charge in [-0.3, -0.25) is 4.90 Å². The van der Waals surface area contributed by atoms with E-state index in [-0.39, 0.29) is 0 Å². The number of likely N-dealkylation sites (tertiary alicyclic amines) is 1. The third kappa shape index (κ3) is 3.59. The van der Waals surface area contributed by atoms with Crippen LogP contribution in [-0.4, -0.2) is 30.6 Å². The van der Waals surface area contributed by atoms with E-state index in [4.69, 9.17) is 33.7 Å². The molecule has 20 heavy (non-hydrogen) atoms. The van der Waals surface area contributed by atoms with Gasteiger partial charge in [0.1, 0.15) is 0 Å². The Labute approximate surface area is 130 Å². The summed E-state index contributed by atoms with van der Waals surface area (Å²) in [5.41, 5.74) is 7.04. The molecule has 0 spiro atoms. The van der Waals surface area contributed by atoms with E-state index in [0.29, 0.717) is 27.8 Å². The lowest BCUT2D eigenvalue weighted by Gasteiger charge is -2.17. The van der Waals surface area contributed by atoms with Gasteiger partial charge in [0.05, 0.1) is 16.7 Å². The number of rotatable bonds is 5. The Balaban J connectivity index is 1.66. The van der Waals surface area contributed by atoms with Crippen LogP contribution in [0.15, 0.2) is 12.1 Å². The van der Waals surface area contributed by atoms with Gasteiger partial charge in [0.15, 0.2) is 5.75 Å². The van der Waals surface area contributed by atoms with Crippen molar-refractivity contribution in [3.63, 3.8) is 0 Å². The van der Waals surface area contributed by atoms with Crippen molar-refractivity contribution in [1.29, 1.82) is 0 Å². The largest absolute Gasteiger partial charge is 0.490 e. The second-order valence-corrected chi connectivity index (χ2v) is 6.74. The van der Waals surface area contributed by atoms with Crippen molar-refractivity contribution in [2.24, 2.45) is 11.7 Å². The van der Waals surface area contributed by atoms with Crippen LogP contribution in [0.1, 0.15) is 24.8 Å². The van der Waals surface area contributed by atoms with Crippen molar-refractivity contribution in [2.75, 3.05) is 19.7 Å². The fourth-order valence-electron chi connectivity index (χ4n) is 2.59. The van der Waals surface area contributed by atoms with Gasteiger partial charge < -0.3 is 10.5 Å². The normalized spacial score (nSPS) is 23.2. The molecule has 1 aromatic rings. The second-order valence-electron chi connectivity index (χ2n) is 5.93. The van der Waals surface area contributed by atoms with Gasteiger partial charge in [-0.25, -0.2) is 0 Å². The summed E-state index contributed by atoms with van der Waals surface area (Å²) in [4.78, 5) is 2.33. The molecule has 0 bridgehead atoms. The van der Waals surface area contributed by atoms with Crippen LogP contribution in [0, 0.1) is 5.92 Å². The molecule has 1 saturated heterocycles. The number of nitrogens with zero attached hydrogens (tertiary/aromatic N) is 1. The van der Waals surface area contributed by atoms with Crippen LogP contribution in [0.2, 0.25) is 10.0 Å². The zero-order chi connectivity index (χ0) is 14.1. The highest BCUT2D eigenvalue weighted by atomic mass is 35.5. The maximum atomic E-state index is 6.30. The minimum Gasteiger partial charge on any atom is -0.490 e. The van der Waals surface area contributed by atoms with Gasteiger partial charge in [-0.15, -0.1) is 0 Å². The first kappa shape index (κ1) is 14.5. The fraction of sp³-hybridized carbons (Fsp3) is 0.600. The predicted octanol–water partition coefficient (Wildman–Crippen LogP) is 3.32. The molecule has 110 valence electrons. The fourth-order valence-corrected chi connectivity index (χ4v) is 3.23. The first-order valence-electron chi connectivity index (χ1n) is 7.20. The van der Waals surface area contributed by atoms with Crippen molar-refractivity contribution >= 4 is 23.2 Å². The molecule has 1 aliphatic carbocycles. The lowest BCUT2D eigenvalue weighted by Crippen LogP contribution is -2.26. The van der Waals surface area contributed by atoms with Gasteiger partial charge in [0.2, 0.25) is 0 Å². The van der Waals surface area contributed by atoms with Crippen LogP contribution in [0.25, 0.3) is 0 Å². The molecule has 0 aromatic heterocycles. The standard InChI is InChI=1S/C15H20Cl2N2O/c16-13-5-11(7-19-4-3-12(18)8-19)6-14(17)15(13)20-9-10-1-2-10/h5-6,10,12H,1-4,7-9,18H2/t12-/m1/s1. The van der Waals surface area contributed by atoms with Crippen LogP contribution >= 0.6 is 23.2 Å². The van der Waals surface area contributed by atoms with Crippen LogP contribution in [-0.2, 0) is 6.54 Å². The molecule has 0 unspecified atom stereocenters. The first-order chi connectivity index (χ1) is 9.61. The molecule has 2 N–H and O–H groups in total. The molecule has 3 rings (SSSR count). The highest BCUT2D eigenvalue weighted by Gasteiger charge is 2.23. The Hall–Kier alpha value is -0.480. The molecule has 5 heteroatoms. The summed E-state index contributed by atoms with van der Waals surface area (Å²) < 4.78 is 5.74. The van der Waals surface area contributed by atoms with Gasteiger partial charge in [0.25, 0.3) is 0 Å². The first-order valence-corrected chi connectivity index (χ1v) is 7.96. The van der Waals surface area contributed by atoms with E-state index >= 15 is 0 Å². The molecule has 0 radical (unpaired) electrons. The highest BCUT2D eigenvalue weighted by Crippen LogP contribution is 2.37. The van der Waals surface area contributed by atoms with E-state index in [1.165, 1.54) is 12.8 Å². The minimum absolute atomic E-state index is 0.294. The number of ether oxygens (including phenoxy) is 1. The van der Waals surface area contributed by atoms with Gasteiger partial charge in [-0.2, -0.15) is 0 Å². The third-order valence-electron chi connectivity index (χ3n) is 3.93. The monoisotopic (exact) mass is 314 g/mol. The topological polar surface area (TPSA) is 38.5 Å². The van der Waals surface area contributed by atoms with Gasteiger partial charge >= 0.3 is 0 Å². The number of hydrogen-bond donors (Lipinski definition) is 1. The summed E-state index contributed by atoms with van der Waals surface area (Å²) >= 11 is 12.6. The summed E-state index contributed by atoms with van der Waals surface area (Å²) in [6.07, 6.45) is 3.56. The number of nitrogens with two attached hydrogens (primary N) is 1. The average Bonchev–Trinajstić information content (AvgIpc) is 3.11. The Kier molecular flexibility index (Phi) is 4.41. The highest BCUT2D eigenvalue weighted by molar-refractivity contribution is 6.37. The van der Waals surface area contributed by atoms with Crippen LogP contribution < -0.4 is 10.5 Å². The summed E-state index contributed by atoms with van der Waals surface area (Å²) in [6, 6.07) is 4.21. The molecule has 1 aliphatic heterocycles.